The Morgan fingerprint density at radius 3 is 2.62 bits per heavy atom. The molecule has 0 unspecified atom stereocenters. The molecule has 0 saturated carbocycles. The Labute approximate surface area is 169 Å². The lowest BCUT2D eigenvalue weighted by Gasteiger charge is -2.33. The highest BCUT2D eigenvalue weighted by atomic mass is 16.2. The minimum absolute atomic E-state index is 0.0698. The van der Waals surface area contributed by atoms with Crippen molar-refractivity contribution in [1.29, 1.82) is 0 Å². The van der Waals surface area contributed by atoms with Crippen molar-refractivity contribution in [1.82, 2.24) is 14.9 Å². The molecule has 0 atom stereocenters. The van der Waals surface area contributed by atoms with Gasteiger partial charge in [-0.1, -0.05) is 24.3 Å². The molecule has 0 aliphatic carbocycles. The van der Waals surface area contributed by atoms with Crippen molar-refractivity contribution in [3.8, 4) is 0 Å². The van der Waals surface area contributed by atoms with E-state index in [0.29, 0.717) is 18.9 Å². The Bertz CT molecular complexity index is 1100. The number of fused-ring (bicyclic) bond motifs is 1. The number of carbonyl (C=O) groups is 1. The van der Waals surface area contributed by atoms with Gasteiger partial charge in [0.05, 0.1) is 11.0 Å². The third kappa shape index (κ3) is 4.08. The standard InChI is InChI=1S/C22H25N5O2/c1-15-6-5-7-17(14-15)24-22(29)23-16-10-12-27(13-11-16)20-21(28)26(2)19-9-4-3-8-18(19)25-20/h3-9,14,16H,10-13H2,1-2H3,(H2,23,24,29). The largest absolute Gasteiger partial charge is 0.352 e. The van der Waals surface area contributed by atoms with E-state index in [1.54, 1.807) is 11.6 Å². The van der Waals surface area contributed by atoms with E-state index >= 15 is 0 Å². The summed E-state index contributed by atoms with van der Waals surface area (Å²) in [6, 6.07) is 15.2. The molecule has 2 heterocycles. The molecule has 0 bridgehead atoms. The van der Waals surface area contributed by atoms with Crippen molar-refractivity contribution >= 4 is 28.6 Å². The Morgan fingerprint density at radius 2 is 1.86 bits per heavy atom. The number of benzene rings is 2. The second-order valence-electron chi connectivity index (χ2n) is 7.52. The summed E-state index contributed by atoms with van der Waals surface area (Å²) >= 11 is 0. The lowest BCUT2D eigenvalue weighted by atomic mass is 10.1. The summed E-state index contributed by atoms with van der Waals surface area (Å²) in [6.45, 7) is 3.34. The number of aromatic nitrogens is 2. The molecule has 1 fully saturated rings. The number of hydrogen-bond acceptors (Lipinski definition) is 4. The lowest BCUT2D eigenvalue weighted by molar-refractivity contribution is 0.246. The summed E-state index contributed by atoms with van der Waals surface area (Å²) in [4.78, 5) is 31.7. The summed E-state index contributed by atoms with van der Waals surface area (Å²) in [7, 11) is 1.78. The van der Waals surface area contributed by atoms with E-state index < -0.39 is 0 Å². The normalized spacial score (nSPS) is 14.8. The van der Waals surface area contributed by atoms with Gasteiger partial charge in [0.15, 0.2) is 5.82 Å². The van der Waals surface area contributed by atoms with Crippen LogP contribution in [-0.2, 0) is 7.05 Å². The van der Waals surface area contributed by atoms with Gasteiger partial charge in [-0.05, 0) is 49.6 Å². The summed E-state index contributed by atoms with van der Waals surface area (Å²) in [6.07, 6.45) is 1.53. The molecule has 7 nitrogen and oxygen atoms in total. The second kappa shape index (κ2) is 7.95. The first-order valence-electron chi connectivity index (χ1n) is 9.86. The minimum atomic E-state index is -0.200. The van der Waals surface area contributed by atoms with E-state index in [1.807, 2.05) is 60.4 Å². The number of nitrogens with zero attached hydrogens (tertiary/aromatic N) is 3. The predicted octanol–water partition coefficient (Wildman–Crippen LogP) is 3.03. The molecule has 0 radical (unpaired) electrons. The monoisotopic (exact) mass is 391 g/mol. The van der Waals surface area contributed by atoms with Gasteiger partial charge >= 0.3 is 6.03 Å². The number of aryl methyl sites for hydroxylation is 2. The Morgan fingerprint density at radius 1 is 1.10 bits per heavy atom. The van der Waals surface area contributed by atoms with Crippen LogP contribution < -0.4 is 21.1 Å². The van der Waals surface area contributed by atoms with Crippen molar-refractivity contribution in [3.05, 3.63) is 64.4 Å². The van der Waals surface area contributed by atoms with Crippen LogP contribution in [0.25, 0.3) is 11.0 Å². The quantitative estimate of drug-likeness (QED) is 0.719. The smallest absolute Gasteiger partial charge is 0.319 e. The van der Waals surface area contributed by atoms with Gasteiger partial charge in [-0.2, -0.15) is 0 Å². The zero-order valence-corrected chi connectivity index (χ0v) is 16.7. The molecule has 29 heavy (non-hydrogen) atoms. The van der Waals surface area contributed by atoms with Gasteiger partial charge in [0, 0.05) is 31.9 Å². The van der Waals surface area contributed by atoms with E-state index in [-0.39, 0.29) is 17.6 Å². The van der Waals surface area contributed by atoms with E-state index in [4.69, 9.17) is 0 Å². The number of rotatable bonds is 3. The molecular formula is C22H25N5O2. The highest BCUT2D eigenvalue weighted by Crippen LogP contribution is 2.18. The van der Waals surface area contributed by atoms with Gasteiger partial charge in [-0.25, -0.2) is 9.78 Å². The first kappa shape index (κ1) is 19.0. The van der Waals surface area contributed by atoms with E-state index in [0.717, 1.165) is 35.1 Å². The maximum Gasteiger partial charge on any atom is 0.319 e. The maximum atomic E-state index is 12.8. The van der Waals surface area contributed by atoms with Crippen LogP contribution in [0.1, 0.15) is 18.4 Å². The fourth-order valence-corrected chi connectivity index (χ4v) is 3.78. The number of carbonyl (C=O) groups excluding carboxylic acids is 1. The van der Waals surface area contributed by atoms with Crippen molar-refractivity contribution in [3.63, 3.8) is 0 Å². The zero-order chi connectivity index (χ0) is 20.4. The number of hydrogen-bond donors (Lipinski definition) is 2. The van der Waals surface area contributed by atoms with Gasteiger partial charge in [0.25, 0.3) is 5.56 Å². The summed E-state index contributed by atoms with van der Waals surface area (Å²) < 4.78 is 1.65. The average molecular weight is 391 g/mol. The molecule has 1 aliphatic rings. The Hall–Kier alpha value is -3.35. The number of piperidine rings is 1. The molecule has 2 amide bonds. The van der Waals surface area contributed by atoms with Crippen molar-refractivity contribution in [2.45, 2.75) is 25.8 Å². The van der Waals surface area contributed by atoms with E-state index in [1.165, 1.54) is 0 Å². The third-order valence-corrected chi connectivity index (χ3v) is 5.37. The average Bonchev–Trinajstić information content (AvgIpc) is 2.71. The number of anilines is 2. The first-order chi connectivity index (χ1) is 14.0. The van der Waals surface area contributed by atoms with Crippen LogP contribution in [0.4, 0.5) is 16.3 Å². The molecule has 1 aromatic heterocycles. The summed E-state index contributed by atoms with van der Waals surface area (Å²) in [5.74, 6) is 0.480. The topological polar surface area (TPSA) is 79.3 Å². The number of amides is 2. The van der Waals surface area contributed by atoms with Gasteiger partial charge in [-0.3, -0.25) is 4.79 Å². The van der Waals surface area contributed by atoms with Crippen molar-refractivity contribution in [2.75, 3.05) is 23.3 Å². The van der Waals surface area contributed by atoms with E-state index in [9.17, 15) is 9.59 Å². The van der Waals surface area contributed by atoms with Crippen LogP contribution in [-0.4, -0.2) is 34.7 Å². The zero-order valence-electron chi connectivity index (χ0n) is 16.7. The van der Waals surface area contributed by atoms with Gasteiger partial charge in [0.1, 0.15) is 0 Å². The molecule has 1 aliphatic heterocycles. The third-order valence-electron chi connectivity index (χ3n) is 5.37. The van der Waals surface area contributed by atoms with Gasteiger partial charge in [-0.15, -0.1) is 0 Å². The van der Waals surface area contributed by atoms with Gasteiger partial charge in [0.2, 0.25) is 0 Å². The molecule has 2 N–H and O–H groups in total. The minimum Gasteiger partial charge on any atom is -0.352 e. The lowest BCUT2D eigenvalue weighted by Crippen LogP contribution is -2.47. The second-order valence-corrected chi connectivity index (χ2v) is 7.52. The number of urea groups is 1. The Kier molecular flexibility index (Phi) is 5.20. The van der Waals surface area contributed by atoms with Crippen LogP contribution >= 0.6 is 0 Å². The van der Waals surface area contributed by atoms with Crippen LogP contribution in [0.3, 0.4) is 0 Å². The van der Waals surface area contributed by atoms with Crippen molar-refractivity contribution < 1.29 is 4.79 Å². The van der Waals surface area contributed by atoms with Gasteiger partial charge < -0.3 is 20.1 Å². The molecule has 3 aromatic rings. The molecule has 0 spiro atoms. The maximum absolute atomic E-state index is 12.8. The number of para-hydroxylation sites is 2. The van der Waals surface area contributed by atoms with Crippen LogP contribution in [0, 0.1) is 6.92 Å². The number of nitrogens with one attached hydrogen (secondary N) is 2. The summed E-state index contributed by atoms with van der Waals surface area (Å²) in [5, 5.41) is 5.91. The van der Waals surface area contributed by atoms with Crippen molar-refractivity contribution in [2.24, 2.45) is 7.05 Å². The van der Waals surface area contributed by atoms with E-state index in [2.05, 4.69) is 15.6 Å². The molecule has 150 valence electrons. The molecular weight excluding hydrogens is 366 g/mol. The Balaban J connectivity index is 1.39. The molecule has 7 heteroatoms. The van der Waals surface area contributed by atoms with Crippen LogP contribution in [0.2, 0.25) is 0 Å². The molecule has 4 rings (SSSR count). The first-order valence-corrected chi connectivity index (χ1v) is 9.86. The van der Waals surface area contributed by atoms with Crippen LogP contribution in [0.5, 0.6) is 0 Å². The highest BCUT2D eigenvalue weighted by Gasteiger charge is 2.24. The summed E-state index contributed by atoms with van der Waals surface area (Å²) in [5.41, 5.74) is 3.42. The van der Waals surface area contributed by atoms with Crippen LogP contribution in [0.15, 0.2) is 53.3 Å². The molecule has 2 aromatic carbocycles. The highest BCUT2D eigenvalue weighted by molar-refractivity contribution is 5.89. The fourth-order valence-electron chi connectivity index (χ4n) is 3.78. The molecule has 1 saturated heterocycles. The SMILES string of the molecule is Cc1cccc(NC(=O)NC2CCN(c3nc4ccccc4n(C)c3=O)CC2)c1. The predicted molar refractivity (Wildman–Crippen MR) is 116 cm³/mol. The fraction of sp³-hybridized carbons (Fsp3) is 0.318.